The molecule has 1 N–H and O–H groups in total. The number of nitrogens with one attached hydrogen (secondary N) is 1. The zero-order chi connectivity index (χ0) is 13.8. The largest absolute Gasteiger partial charge is 0.494 e. The fourth-order valence-corrected chi connectivity index (χ4v) is 1.68. The number of benzene rings is 1. The quantitative estimate of drug-likeness (QED) is 0.877. The van der Waals surface area contributed by atoms with Crippen molar-refractivity contribution in [3.05, 3.63) is 52.6 Å². The molecule has 0 saturated carbocycles. The number of methoxy groups -OCH3 is 1. The van der Waals surface area contributed by atoms with Crippen LogP contribution in [0.25, 0.3) is 0 Å². The number of ether oxygens (including phenoxy) is 2. The van der Waals surface area contributed by atoms with Crippen LogP contribution in [0.1, 0.15) is 16.1 Å². The highest BCUT2D eigenvalue weighted by Crippen LogP contribution is 2.18. The molecule has 0 spiro atoms. The minimum atomic E-state index is -0.553. The van der Waals surface area contributed by atoms with E-state index in [1.807, 2.05) is 0 Å². The van der Waals surface area contributed by atoms with Crippen LogP contribution in [-0.4, -0.2) is 18.1 Å². The molecule has 0 fully saturated rings. The first-order valence-electron chi connectivity index (χ1n) is 5.43. The minimum Gasteiger partial charge on any atom is -0.494 e. The predicted molar refractivity (Wildman–Crippen MR) is 67.9 cm³/mol. The number of halogens is 2. The Balaban J connectivity index is 1.99. The number of hydrogen-bond donors (Lipinski definition) is 1. The van der Waals surface area contributed by atoms with Gasteiger partial charge in [0, 0.05) is 6.20 Å². The maximum absolute atomic E-state index is 13.4. The molecule has 100 valence electrons. The summed E-state index contributed by atoms with van der Waals surface area (Å²) in [5.74, 6) is -0.909. The summed E-state index contributed by atoms with van der Waals surface area (Å²) < 4.78 is 23.2. The van der Waals surface area contributed by atoms with Crippen LogP contribution in [0, 0.1) is 5.82 Å². The first-order valence-corrected chi connectivity index (χ1v) is 5.81. The molecule has 0 atom stereocenters. The van der Waals surface area contributed by atoms with Crippen molar-refractivity contribution in [1.82, 2.24) is 4.98 Å². The van der Waals surface area contributed by atoms with Gasteiger partial charge in [-0.05, 0) is 23.8 Å². The van der Waals surface area contributed by atoms with E-state index < -0.39 is 11.8 Å². The van der Waals surface area contributed by atoms with E-state index in [1.165, 1.54) is 31.5 Å². The second-order valence-corrected chi connectivity index (χ2v) is 4.21. The third kappa shape index (κ3) is 3.26. The van der Waals surface area contributed by atoms with E-state index in [0.717, 1.165) is 0 Å². The molecule has 1 heterocycles. The van der Waals surface area contributed by atoms with Crippen LogP contribution in [0.5, 0.6) is 5.75 Å². The van der Waals surface area contributed by atoms with Crippen molar-refractivity contribution >= 4 is 17.6 Å². The van der Waals surface area contributed by atoms with E-state index in [0.29, 0.717) is 10.6 Å². The number of H-pyrrole nitrogens is 1. The monoisotopic (exact) mass is 283 g/mol. The predicted octanol–water partition coefficient (Wildman–Crippen LogP) is 3.17. The molecule has 1 aromatic carbocycles. The standard InChI is InChI=1S/C13H11ClFNO3/c1-18-12-3-2-8(4-10(12)15)7-19-13(17)11-5-9(14)6-16-11/h2-6,16H,7H2,1H3. The van der Waals surface area contributed by atoms with E-state index in [-0.39, 0.29) is 18.1 Å². The Morgan fingerprint density at radius 1 is 1.42 bits per heavy atom. The van der Waals surface area contributed by atoms with Crippen molar-refractivity contribution in [2.75, 3.05) is 7.11 Å². The van der Waals surface area contributed by atoms with Gasteiger partial charge in [0.25, 0.3) is 0 Å². The topological polar surface area (TPSA) is 51.3 Å². The zero-order valence-corrected chi connectivity index (χ0v) is 10.8. The molecule has 6 heteroatoms. The maximum atomic E-state index is 13.4. The molecule has 0 radical (unpaired) electrons. The lowest BCUT2D eigenvalue weighted by molar-refractivity contribution is 0.0466. The van der Waals surface area contributed by atoms with Crippen LogP contribution >= 0.6 is 11.6 Å². The van der Waals surface area contributed by atoms with E-state index in [2.05, 4.69) is 4.98 Å². The average Bonchev–Trinajstić information content (AvgIpc) is 2.83. The second kappa shape index (κ2) is 5.75. The minimum absolute atomic E-state index is 0.0314. The number of rotatable bonds is 4. The van der Waals surface area contributed by atoms with Gasteiger partial charge in [-0.2, -0.15) is 0 Å². The highest BCUT2D eigenvalue weighted by Gasteiger charge is 2.10. The van der Waals surface area contributed by atoms with Gasteiger partial charge in [0.15, 0.2) is 11.6 Å². The summed E-state index contributed by atoms with van der Waals surface area (Å²) in [5, 5.41) is 0.419. The molecule has 2 rings (SSSR count). The van der Waals surface area contributed by atoms with Crippen LogP contribution in [0.2, 0.25) is 5.02 Å². The molecule has 0 bridgehead atoms. The molecule has 0 saturated heterocycles. The van der Waals surface area contributed by atoms with Crippen molar-refractivity contribution in [3.63, 3.8) is 0 Å². The molecule has 0 aliphatic carbocycles. The third-order valence-corrected chi connectivity index (χ3v) is 2.67. The van der Waals surface area contributed by atoms with E-state index in [4.69, 9.17) is 21.1 Å². The van der Waals surface area contributed by atoms with Crippen molar-refractivity contribution in [3.8, 4) is 5.75 Å². The van der Waals surface area contributed by atoms with Gasteiger partial charge in [-0.25, -0.2) is 9.18 Å². The van der Waals surface area contributed by atoms with Crippen LogP contribution in [0.4, 0.5) is 4.39 Å². The van der Waals surface area contributed by atoms with E-state index in [1.54, 1.807) is 6.07 Å². The van der Waals surface area contributed by atoms with Gasteiger partial charge in [0.05, 0.1) is 12.1 Å². The molecule has 0 amide bonds. The summed E-state index contributed by atoms with van der Waals surface area (Å²) in [6, 6.07) is 5.81. The Morgan fingerprint density at radius 3 is 2.79 bits per heavy atom. The Morgan fingerprint density at radius 2 is 2.21 bits per heavy atom. The molecular formula is C13H11ClFNO3. The lowest BCUT2D eigenvalue weighted by Crippen LogP contribution is -2.05. The van der Waals surface area contributed by atoms with Crippen LogP contribution in [-0.2, 0) is 11.3 Å². The van der Waals surface area contributed by atoms with Gasteiger partial charge < -0.3 is 14.5 Å². The fraction of sp³-hybridized carbons (Fsp3) is 0.154. The number of aromatic amines is 1. The lowest BCUT2D eigenvalue weighted by atomic mass is 10.2. The Kier molecular flexibility index (Phi) is 4.06. The van der Waals surface area contributed by atoms with Crippen molar-refractivity contribution in [1.29, 1.82) is 0 Å². The summed E-state index contributed by atoms with van der Waals surface area (Å²) >= 11 is 5.67. The SMILES string of the molecule is COc1ccc(COC(=O)c2cc(Cl)c[nH]2)cc1F. The highest BCUT2D eigenvalue weighted by atomic mass is 35.5. The first-order chi connectivity index (χ1) is 9.10. The third-order valence-electron chi connectivity index (χ3n) is 2.45. The van der Waals surface area contributed by atoms with Crippen molar-refractivity contribution in [2.45, 2.75) is 6.61 Å². The van der Waals surface area contributed by atoms with Crippen LogP contribution in [0.15, 0.2) is 30.5 Å². The molecule has 0 unspecified atom stereocenters. The Hall–Kier alpha value is -2.01. The summed E-state index contributed by atoms with van der Waals surface area (Å²) in [5.41, 5.74) is 0.781. The number of hydrogen-bond acceptors (Lipinski definition) is 3. The Labute approximate surface area is 114 Å². The normalized spacial score (nSPS) is 10.3. The molecule has 0 aliphatic rings. The smallest absolute Gasteiger partial charge is 0.355 e. The molecule has 2 aromatic rings. The Bertz CT molecular complexity index is 597. The average molecular weight is 284 g/mol. The maximum Gasteiger partial charge on any atom is 0.355 e. The van der Waals surface area contributed by atoms with Crippen molar-refractivity contribution < 1.29 is 18.7 Å². The van der Waals surface area contributed by atoms with Gasteiger partial charge in [-0.15, -0.1) is 0 Å². The van der Waals surface area contributed by atoms with E-state index in [9.17, 15) is 9.18 Å². The van der Waals surface area contributed by atoms with Gasteiger partial charge in [0.1, 0.15) is 12.3 Å². The number of carbonyl (C=O) groups is 1. The second-order valence-electron chi connectivity index (χ2n) is 3.78. The molecule has 19 heavy (non-hydrogen) atoms. The van der Waals surface area contributed by atoms with E-state index >= 15 is 0 Å². The van der Waals surface area contributed by atoms with Gasteiger partial charge in [-0.3, -0.25) is 0 Å². The number of carbonyl (C=O) groups excluding carboxylic acids is 1. The fourth-order valence-electron chi connectivity index (χ4n) is 1.51. The van der Waals surface area contributed by atoms with Crippen LogP contribution in [0.3, 0.4) is 0 Å². The summed E-state index contributed by atoms with van der Waals surface area (Å²) in [4.78, 5) is 14.3. The molecular weight excluding hydrogens is 273 g/mol. The summed E-state index contributed by atoms with van der Waals surface area (Å²) in [6.07, 6.45) is 1.48. The van der Waals surface area contributed by atoms with Crippen LogP contribution < -0.4 is 4.74 Å². The van der Waals surface area contributed by atoms with Gasteiger partial charge in [0.2, 0.25) is 0 Å². The number of aromatic nitrogens is 1. The number of esters is 1. The highest BCUT2D eigenvalue weighted by molar-refractivity contribution is 6.30. The summed E-state index contributed by atoms with van der Waals surface area (Å²) in [6.45, 7) is -0.0314. The lowest BCUT2D eigenvalue weighted by Gasteiger charge is -2.06. The summed E-state index contributed by atoms with van der Waals surface area (Å²) in [7, 11) is 1.38. The van der Waals surface area contributed by atoms with Crippen molar-refractivity contribution in [2.24, 2.45) is 0 Å². The zero-order valence-electron chi connectivity index (χ0n) is 10.1. The first kappa shape index (κ1) is 13.4. The molecule has 1 aromatic heterocycles. The molecule has 4 nitrogen and oxygen atoms in total. The van der Waals surface area contributed by atoms with Gasteiger partial charge >= 0.3 is 5.97 Å². The molecule has 0 aliphatic heterocycles. The van der Waals surface area contributed by atoms with Gasteiger partial charge in [-0.1, -0.05) is 17.7 Å².